The van der Waals surface area contributed by atoms with Crippen LogP contribution in [-0.4, -0.2) is 45.8 Å². The lowest BCUT2D eigenvalue weighted by atomic mass is 10.0. The normalized spacial score (nSPS) is 23.6. The van der Waals surface area contributed by atoms with Crippen molar-refractivity contribution in [2.45, 2.75) is 38.5 Å². The Labute approximate surface area is 161 Å². The number of aromatic nitrogens is 1. The number of pyridine rings is 1. The summed E-state index contributed by atoms with van der Waals surface area (Å²) in [7, 11) is 0. The number of benzene rings is 1. The van der Waals surface area contributed by atoms with Gasteiger partial charge in [-0.05, 0) is 49.7 Å². The predicted molar refractivity (Wildman–Crippen MR) is 99.0 cm³/mol. The van der Waals surface area contributed by atoms with Gasteiger partial charge in [0.05, 0.1) is 24.3 Å². The molecule has 0 aliphatic carbocycles. The minimum Gasteiger partial charge on any atom is -0.486 e. The second-order valence-corrected chi connectivity index (χ2v) is 7.02. The highest BCUT2D eigenvalue weighted by atomic mass is 19.1. The Bertz CT molecular complexity index is 919. The lowest BCUT2D eigenvalue weighted by molar-refractivity contribution is -0.0197. The van der Waals surface area contributed by atoms with Crippen LogP contribution >= 0.6 is 0 Å². The third-order valence-corrected chi connectivity index (χ3v) is 5.21. The second-order valence-electron chi connectivity index (χ2n) is 7.02. The summed E-state index contributed by atoms with van der Waals surface area (Å²) >= 11 is 0. The molecule has 1 saturated heterocycles. The zero-order valence-corrected chi connectivity index (χ0v) is 15.5. The van der Waals surface area contributed by atoms with E-state index in [1.807, 2.05) is 6.92 Å². The van der Waals surface area contributed by atoms with Crippen molar-refractivity contribution in [1.82, 2.24) is 14.9 Å². The van der Waals surface area contributed by atoms with E-state index < -0.39 is 5.82 Å². The number of nitrogens with zero attached hydrogens (tertiary/aromatic N) is 4. The van der Waals surface area contributed by atoms with E-state index in [2.05, 4.69) is 10.1 Å². The molecule has 2 aliphatic heterocycles. The van der Waals surface area contributed by atoms with Gasteiger partial charge < -0.3 is 9.64 Å². The van der Waals surface area contributed by atoms with Crippen LogP contribution in [0.15, 0.2) is 41.6 Å². The van der Waals surface area contributed by atoms with Gasteiger partial charge in [-0.2, -0.15) is 5.10 Å². The highest BCUT2D eigenvalue weighted by Crippen LogP contribution is 2.32. The van der Waals surface area contributed by atoms with Gasteiger partial charge in [-0.15, -0.1) is 0 Å². The first-order valence-corrected chi connectivity index (χ1v) is 9.10. The van der Waals surface area contributed by atoms with E-state index in [1.54, 1.807) is 36.4 Å². The third kappa shape index (κ3) is 3.30. The summed E-state index contributed by atoms with van der Waals surface area (Å²) in [5.74, 6) is -0.170. The number of hydrogen-bond donors (Lipinski definition) is 0. The number of hydrazone groups is 1. The molecule has 6 nitrogen and oxygen atoms in total. The second kappa shape index (κ2) is 7.18. The van der Waals surface area contributed by atoms with E-state index in [0.717, 1.165) is 0 Å². The molecule has 1 aromatic carbocycles. The molecular formula is C20H20F2N4O2. The van der Waals surface area contributed by atoms with E-state index in [9.17, 15) is 13.6 Å². The van der Waals surface area contributed by atoms with Crippen molar-refractivity contribution in [2.75, 3.05) is 6.54 Å². The zero-order valence-electron chi connectivity index (χ0n) is 15.5. The number of amides is 2. The van der Waals surface area contributed by atoms with Gasteiger partial charge in [0.15, 0.2) is 0 Å². The number of hydrogen-bond acceptors (Lipinski definition) is 4. The van der Waals surface area contributed by atoms with Crippen LogP contribution in [0.1, 0.15) is 30.6 Å². The summed E-state index contributed by atoms with van der Waals surface area (Å²) in [6, 6.07) is 6.40. The average molecular weight is 386 g/mol. The van der Waals surface area contributed by atoms with Crippen molar-refractivity contribution in [3.63, 3.8) is 0 Å². The fourth-order valence-corrected chi connectivity index (χ4v) is 3.36. The van der Waals surface area contributed by atoms with Gasteiger partial charge in [-0.3, -0.25) is 4.98 Å². The standard InChI is InChI=1S/C20H20F2N4O2/c1-12-17(22)9-14(10-23-12)18-7-8-24-26(18)20(27)25-11-19(13(25)2)28-16-5-3-15(21)4-6-16/h3-6,8-10,13,18-19H,7,11H2,1-2H3/t13-,18-,19-/m0/s1. The fraction of sp³-hybridized carbons (Fsp3) is 0.350. The summed E-state index contributed by atoms with van der Waals surface area (Å²) in [5, 5.41) is 5.56. The summed E-state index contributed by atoms with van der Waals surface area (Å²) < 4.78 is 32.7. The molecule has 2 aromatic rings. The monoisotopic (exact) mass is 386 g/mol. The van der Waals surface area contributed by atoms with Gasteiger partial charge in [-0.25, -0.2) is 18.6 Å². The first kappa shape index (κ1) is 18.3. The molecule has 3 atom stereocenters. The largest absolute Gasteiger partial charge is 0.486 e. The number of carbonyl (C=O) groups excluding carboxylic acids is 1. The van der Waals surface area contributed by atoms with Gasteiger partial charge in [0.2, 0.25) is 0 Å². The molecule has 1 fully saturated rings. The van der Waals surface area contributed by atoms with Crippen molar-refractivity contribution in [3.05, 3.63) is 59.4 Å². The molecule has 0 saturated carbocycles. The van der Waals surface area contributed by atoms with Crippen LogP contribution < -0.4 is 4.74 Å². The molecule has 146 valence electrons. The number of rotatable bonds is 3. The molecule has 8 heteroatoms. The zero-order chi connectivity index (χ0) is 19.8. The number of carbonyl (C=O) groups is 1. The molecule has 3 heterocycles. The molecular weight excluding hydrogens is 366 g/mol. The lowest BCUT2D eigenvalue weighted by Gasteiger charge is -2.46. The molecule has 1 aromatic heterocycles. The maximum absolute atomic E-state index is 13.9. The van der Waals surface area contributed by atoms with Crippen molar-refractivity contribution in [2.24, 2.45) is 5.10 Å². The van der Waals surface area contributed by atoms with E-state index in [4.69, 9.17) is 4.74 Å². The van der Waals surface area contributed by atoms with Gasteiger partial charge in [0.1, 0.15) is 23.5 Å². The predicted octanol–water partition coefficient (Wildman–Crippen LogP) is 3.67. The smallest absolute Gasteiger partial charge is 0.341 e. The molecule has 4 rings (SSSR count). The molecule has 2 amide bonds. The highest BCUT2D eigenvalue weighted by Gasteiger charge is 2.44. The number of aryl methyl sites for hydroxylation is 1. The Balaban J connectivity index is 1.42. The van der Waals surface area contributed by atoms with Crippen LogP contribution in [-0.2, 0) is 0 Å². The summed E-state index contributed by atoms with van der Waals surface area (Å²) in [6.45, 7) is 3.88. The van der Waals surface area contributed by atoms with Gasteiger partial charge in [-0.1, -0.05) is 0 Å². The Kier molecular flexibility index (Phi) is 4.70. The van der Waals surface area contributed by atoms with Crippen LogP contribution in [0.3, 0.4) is 0 Å². The number of urea groups is 1. The summed E-state index contributed by atoms with van der Waals surface area (Å²) in [6.07, 6.45) is 3.56. The quantitative estimate of drug-likeness (QED) is 0.809. The Morgan fingerprint density at radius 1 is 1.25 bits per heavy atom. The molecule has 0 radical (unpaired) electrons. The minimum atomic E-state index is -0.401. The van der Waals surface area contributed by atoms with Crippen molar-refractivity contribution in [3.8, 4) is 5.75 Å². The van der Waals surface area contributed by atoms with Crippen molar-refractivity contribution in [1.29, 1.82) is 0 Å². The molecule has 0 bridgehead atoms. The number of halogens is 2. The Morgan fingerprint density at radius 2 is 2.00 bits per heavy atom. The van der Waals surface area contributed by atoms with E-state index in [-0.39, 0.29) is 30.0 Å². The minimum absolute atomic E-state index is 0.165. The topological polar surface area (TPSA) is 58.0 Å². The molecule has 0 unspecified atom stereocenters. The Hall–Kier alpha value is -3.03. The van der Waals surface area contributed by atoms with E-state index in [0.29, 0.717) is 30.0 Å². The van der Waals surface area contributed by atoms with Gasteiger partial charge in [0.25, 0.3) is 0 Å². The van der Waals surface area contributed by atoms with Crippen LogP contribution in [0.2, 0.25) is 0 Å². The number of likely N-dealkylation sites (tertiary alicyclic amines) is 1. The first-order chi connectivity index (χ1) is 13.4. The van der Waals surface area contributed by atoms with Crippen molar-refractivity contribution >= 4 is 12.2 Å². The van der Waals surface area contributed by atoms with Gasteiger partial charge >= 0.3 is 6.03 Å². The molecule has 0 spiro atoms. The molecule has 0 N–H and O–H groups in total. The molecule has 28 heavy (non-hydrogen) atoms. The first-order valence-electron chi connectivity index (χ1n) is 9.10. The van der Waals surface area contributed by atoms with Gasteiger partial charge in [0, 0.05) is 18.8 Å². The molecule has 2 aliphatic rings. The SMILES string of the molecule is Cc1ncc([C@@H]2CC=NN2C(=O)N2C[C@H](Oc3ccc(F)cc3)[C@@H]2C)cc1F. The van der Waals surface area contributed by atoms with Crippen LogP contribution in [0.25, 0.3) is 0 Å². The fourth-order valence-electron chi connectivity index (χ4n) is 3.36. The summed E-state index contributed by atoms with van der Waals surface area (Å²) in [4.78, 5) is 18.6. The summed E-state index contributed by atoms with van der Waals surface area (Å²) in [5.41, 5.74) is 0.930. The Morgan fingerprint density at radius 3 is 2.68 bits per heavy atom. The maximum Gasteiger partial charge on any atom is 0.341 e. The average Bonchev–Trinajstić information content (AvgIpc) is 3.17. The van der Waals surface area contributed by atoms with E-state index in [1.165, 1.54) is 23.2 Å². The third-order valence-electron chi connectivity index (χ3n) is 5.21. The van der Waals surface area contributed by atoms with Crippen LogP contribution in [0.4, 0.5) is 13.6 Å². The van der Waals surface area contributed by atoms with E-state index >= 15 is 0 Å². The number of ether oxygens (including phenoxy) is 1. The van der Waals surface area contributed by atoms with Crippen LogP contribution in [0.5, 0.6) is 5.75 Å². The lowest BCUT2D eigenvalue weighted by Crippen LogP contribution is -2.64. The van der Waals surface area contributed by atoms with Crippen molar-refractivity contribution < 1.29 is 18.3 Å². The van der Waals surface area contributed by atoms with Crippen LogP contribution in [0, 0.1) is 18.6 Å². The highest BCUT2D eigenvalue weighted by molar-refractivity contribution is 5.79. The maximum atomic E-state index is 13.9.